The summed E-state index contributed by atoms with van der Waals surface area (Å²) in [6, 6.07) is 3.67. The number of amides is 1. The molecule has 0 radical (unpaired) electrons. The molecular formula is C13H15Br3N2O3. The van der Waals surface area contributed by atoms with Gasteiger partial charge in [0.1, 0.15) is 0 Å². The summed E-state index contributed by atoms with van der Waals surface area (Å²) in [5.41, 5.74) is 0.646. The average molecular weight is 487 g/mol. The monoisotopic (exact) mass is 484 g/mol. The van der Waals surface area contributed by atoms with Crippen molar-refractivity contribution in [3.05, 3.63) is 25.6 Å². The Labute approximate surface area is 148 Å². The molecule has 0 fully saturated rings. The third-order valence-corrected chi connectivity index (χ3v) is 4.10. The number of nitrogens with one attached hydrogen (secondary N) is 1. The highest BCUT2D eigenvalue weighted by atomic mass is 79.9. The first-order valence-electron chi connectivity index (χ1n) is 6.12. The summed E-state index contributed by atoms with van der Waals surface area (Å²) >= 11 is 10.1. The number of hydrogen-bond acceptors (Lipinski definition) is 4. The Balaban J connectivity index is 2.60. The number of hydrogen-bond donors (Lipinski definition) is 1. The second-order valence-electron chi connectivity index (χ2n) is 4.27. The van der Waals surface area contributed by atoms with E-state index < -0.39 is 0 Å². The van der Waals surface area contributed by atoms with Gasteiger partial charge in [-0.2, -0.15) is 0 Å². The third-order valence-electron chi connectivity index (χ3n) is 2.39. The maximum atomic E-state index is 12.0. The largest absolute Gasteiger partial charge is 0.465 e. The summed E-state index contributed by atoms with van der Waals surface area (Å²) in [6.45, 7) is 2.24. The minimum atomic E-state index is -0.348. The first-order valence-corrected chi connectivity index (χ1v) is 8.50. The molecule has 0 aliphatic heterocycles. The zero-order valence-corrected chi connectivity index (χ0v) is 16.3. The lowest BCUT2D eigenvalue weighted by molar-refractivity contribution is -0.144. The SMILES string of the molecule is CCOC(=O)CN(C)CC(=O)Nc1c(Br)cc(Br)cc1Br. The van der Waals surface area contributed by atoms with E-state index in [4.69, 9.17) is 4.74 Å². The lowest BCUT2D eigenvalue weighted by Gasteiger charge is -2.16. The lowest BCUT2D eigenvalue weighted by Crippen LogP contribution is -2.34. The quantitative estimate of drug-likeness (QED) is 0.626. The van der Waals surface area contributed by atoms with E-state index in [0.29, 0.717) is 12.3 Å². The zero-order valence-electron chi connectivity index (χ0n) is 11.6. The van der Waals surface area contributed by atoms with Crippen LogP contribution in [0, 0.1) is 0 Å². The summed E-state index contributed by atoms with van der Waals surface area (Å²) in [5.74, 6) is -0.565. The number of rotatable bonds is 6. The number of benzene rings is 1. The number of halogens is 3. The van der Waals surface area contributed by atoms with Gasteiger partial charge in [-0.1, -0.05) is 15.9 Å². The van der Waals surface area contributed by atoms with Gasteiger partial charge in [-0.25, -0.2) is 0 Å². The summed E-state index contributed by atoms with van der Waals surface area (Å²) in [7, 11) is 1.68. The third kappa shape index (κ3) is 6.46. The Kier molecular flexibility index (Phi) is 7.86. The van der Waals surface area contributed by atoms with Crippen molar-refractivity contribution < 1.29 is 14.3 Å². The van der Waals surface area contributed by atoms with E-state index >= 15 is 0 Å². The lowest BCUT2D eigenvalue weighted by atomic mass is 10.3. The van der Waals surface area contributed by atoms with Crippen molar-refractivity contribution in [2.45, 2.75) is 6.92 Å². The Morgan fingerprint density at radius 2 is 1.76 bits per heavy atom. The smallest absolute Gasteiger partial charge is 0.320 e. The van der Waals surface area contributed by atoms with E-state index in [2.05, 4.69) is 53.1 Å². The fraction of sp³-hybridized carbons (Fsp3) is 0.385. The molecule has 1 amide bonds. The second-order valence-corrected chi connectivity index (χ2v) is 6.89. The average Bonchev–Trinajstić information content (AvgIpc) is 2.33. The van der Waals surface area contributed by atoms with E-state index in [-0.39, 0.29) is 25.0 Å². The number of ether oxygens (including phenoxy) is 1. The Morgan fingerprint density at radius 1 is 1.19 bits per heavy atom. The minimum Gasteiger partial charge on any atom is -0.465 e. The molecule has 0 spiro atoms. The van der Waals surface area contributed by atoms with Gasteiger partial charge < -0.3 is 10.1 Å². The van der Waals surface area contributed by atoms with E-state index in [0.717, 1.165) is 13.4 Å². The van der Waals surface area contributed by atoms with Gasteiger partial charge in [-0.05, 0) is 58.0 Å². The van der Waals surface area contributed by atoms with Crippen LogP contribution in [-0.4, -0.2) is 43.5 Å². The van der Waals surface area contributed by atoms with E-state index in [1.807, 2.05) is 12.1 Å². The van der Waals surface area contributed by atoms with Crippen molar-refractivity contribution in [2.24, 2.45) is 0 Å². The molecule has 1 aromatic carbocycles. The number of carbonyl (C=O) groups excluding carboxylic acids is 2. The fourth-order valence-electron chi connectivity index (χ4n) is 1.57. The second kappa shape index (κ2) is 8.87. The van der Waals surface area contributed by atoms with Crippen molar-refractivity contribution in [1.29, 1.82) is 0 Å². The standard InChI is InChI=1S/C13H15Br3N2O3/c1-3-21-12(20)7-18(2)6-11(19)17-13-9(15)4-8(14)5-10(13)16/h4-5H,3,6-7H2,1-2H3,(H,17,19). The predicted octanol–water partition coefficient (Wildman–Crippen LogP) is 3.41. The highest BCUT2D eigenvalue weighted by molar-refractivity contribution is 9.11. The molecular weight excluding hydrogens is 472 g/mol. The highest BCUT2D eigenvalue weighted by Crippen LogP contribution is 2.34. The number of anilines is 1. The summed E-state index contributed by atoms with van der Waals surface area (Å²) in [5, 5.41) is 2.79. The molecule has 1 aromatic rings. The van der Waals surface area contributed by atoms with Crippen molar-refractivity contribution in [2.75, 3.05) is 32.1 Å². The molecule has 0 bridgehead atoms. The summed E-state index contributed by atoms with van der Waals surface area (Å²) in [4.78, 5) is 24.9. The van der Waals surface area contributed by atoms with Crippen LogP contribution in [0.5, 0.6) is 0 Å². The molecule has 1 N–H and O–H groups in total. The van der Waals surface area contributed by atoms with Gasteiger partial charge >= 0.3 is 5.97 Å². The summed E-state index contributed by atoms with van der Waals surface area (Å²) in [6.07, 6.45) is 0. The van der Waals surface area contributed by atoms with Gasteiger partial charge in [0.05, 0.1) is 25.4 Å². The predicted molar refractivity (Wildman–Crippen MR) is 92.3 cm³/mol. The zero-order chi connectivity index (χ0) is 16.0. The van der Waals surface area contributed by atoms with Crippen molar-refractivity contribution in [3.8, 4) is 0 Å². The van der Waals surface area contributed by atoms with Crippen LogP contribution in [0.25, 0.3) is 0 Å². The van der Waals surface area contributed by atoms with E-state index in [1.165, 1.54) is 0 Å². The van der Waals surface area contributed by atoms with Crippen molar-refractivity contribution in [3.63, 3.8) is 0 Å². The van der Waals surface area contributed by atoms with Gasteiger partial charge in [0.15, 0.2) is 0 Å². The normalized spacial score (nSPS) is 10.6. The molecule has 116 valence electrons. The molecule has 0 saturated carbocycles. The molecule has 1 rings (SSSR count). The maximum absolute atomic E-state index is 12.0. The van der Waals surface area contributed by atoms with Gasteiger partial charge in [0, 0.05) is 13.4 Å². The van der Waals surface area contributed by atoms with Gasteiger partial charge in [-0.3, -0.25) is 14.5 Å². The first-order chi connectivity index (χ1) is 9.83. The highest BCUT2D eigenvalue weighted by Gasteiger charge is 2.14. The van der Waals surface area contributed by atoms with E-state index in [1.54, 1.807) is 18.9 Å². The Hall–Kier alpha value is -0.440. The number of likely N-dealkylation sites (N-methyl/N-ethyl adjacent to an activating group) is 1. The van der Waals surface area contributed by atoms with Crippen LogP contribution in [0.2, 0.25) is 0 Å². The van der Waals surface area contributed by atoms with Gasteiger partial charge in [0.25, 0.3) is 0 Å². The number of carbonyl (C=O) groups is 2. The molecule has 0 aromatic heterocycles. The van der Waals surface area contributed by atoms with Gasteiger partial charge in [-0.15, -0.1) is 0 Å². The van der Waals surface area contributed by atoms with Crippen molar-refractivity contribution in [1.82, 2.24) is 4.90 Å². The van der Waals surface area contributed by atoms with Crippen molar-refractivity contribution >= 4 is 65.4 Å². The van der Waals surface area contributed by atoms with Crippen LogP contribution in [0.15, 0.2) is 25.6 Å². The Morgan fingerprint density at radius 3 is 2.29 bits per heavy atom. The Bertz CT molecular complexity index is 514. The van der Waals surface area contributed by atoms with Crippen LogP contribution in [-0.2, 0) is 14.3 Å². The number of nitrogens with zero attached hydrogens (tertiary/aromatic N) is 1. The topological polar surface area (TPSA) is 58.6 Å². The molecule has 8 heteroatoms. The molecule has 21 heavy (non-hydrogen) atoms. The number of esters is 1. The van der Waals surface area contributed by atoms with Gasteiger partial charge in [0.2, 0.25) is 5.91 Å². The first kappa shape index (κ1) is 18.6. The molecule has 0 aliphatic rings. The van der Waals surface area contributed by atoms with Crippen LogP contribution in [0.3, 0.4) is 0 Å². The minimum absolute atomic E-state index is 0.0734. The molecule has 0 unspecified atom stereocenters. The summed E-state index contributed by atoms with van der Waals surface area (Å²) < 4.78 is 7.23. The molecule has 0 saturated heterocycles. The maximum Gasteiger partial charge on any atom is 0.320 e. The van der Waals surface area contributed by atoms with Crippen LogP contribution in [0.1, 0.15) is 6.92 Å². The van der Waals surface area contributed by atoms with Crippen LogP contribution < -0.4 is 5.32 Å². The fourth-order valence-corrected chi connectivity index (χ4v) is 4.03. The van der Waals surface area contributed by atoms with Crippen LogP contribution in [0.4, 0.5) is 5.69 Å². The molecule has 5 nitrogen and oxygen atoms in total. The van der Waals surface area contributed by atoms with Crippen LogP contribution >= 0.6 is 47.8 Å². The molecule has 0 heterocycles. The van der Waals surface area contributed by atoms with E-state index in [9.17, 15) is 9.59 Å². The molecule has 0 atom stereocenters. The molecule has 0 aliphatic carbocycles.